The molecule has 0 radical (unpaired) electrons. The van der Waals surface area contributed by atoms with Gasteiger partial charge in [-0.1, -0.05) is 35.9 Å². The molecule has 0 saturated heterocycles. The molecule has 0 aliphatic rings. The van der Waals surface area contributed by atoms with Gasteiger partial charge in [0.15, 0.2) is 0 Å². The average molecular weight is 156 g/mol. The molecule has 0 aliphatic heterocycles. The number of hydrogen-bond donors (Lipinski definition) is 0. The maximum absolute atomic E-state index is 3.68. The van der Waals surface area contributed by atoms with Crippen molar-refractivity contribution < 1.29 is 0 Å². The van der Waals surface area contributed by atoms with Gasteiger partial charge in [0.1, 0.15) is 0 Å². The molecule has 0 fully saturated rings. The van der Waals surface area contributed by atoms with E-state index in [-0.39, 0.29) is 29.6 Å². The molecule has 54 valence electrons. The predicted octanol–water partition coefficient (Wildman–Crippen LogP) is 2.08. The van der Waals surface area contributed by atoms with Crippen LogP contribution in [0.5, 0.6) is 0 Å². The van der Waals surface area contributed by atoms with Crippen LogP contribution in [0.15, 0.2) is 36.9 Å². The molecule has 0 N–H and O–H groups in total. The first kappa shape index (κ1) is 11.0. The summed E-state index contributed by atoms with van der Waals surface area (Å²) < 4.78 is 0. The van der Waals surface area contributed by atoms with Gasteiger partial charge in [0, 0.05) is 0 Å². The third kappa shape index (κ3) is 3.76. The Morgan fingerprint density at radius 2 is 1.82 bits per heavy atom. The summed E-state index contributed by atoms with van der Waals surface area (Å²) in [5.74, 6) is 0. The second kappa shape index (κ2) is 5.59. The Morgan fingerprint density at radius 1 is 1.27 bits per heavy atom. The van der Waals surface area contributed by atoms with Crippen LogP contribution in [0.25, 0.3) is 0 Å². The molecule has 1 heteroatoms. The molecule has 1 rings (SSSR count). The Balaban J connectivity index is 0.000001000. The summed E-state index contributed by atoms with van der Waals surface area (Å²) in [5, 5.41) is 0. The molecule has 0 bridgehead atoms. The van der Waals surface area contributed by atoms with Gasteiger partial charge in [0.25, 0.3) is 0 Å². The van der Waals surface area contributed by atoms with Gasteiger partial charge in [-0.05, 0) is 18.9 Å². The first-order chi connectivity index (χ1) is 4.83. The molecule has 0 saturated carbocycles. The van der Waals surface area contributed by atoms with Crippen LogP contribution in [0.4, 0.5) is 0 Å². The van der Waals surface area contributed by atoms with E-state index in [9.17, 15) is 0 Å². The molecule has 0 aliphatic carbocycles. The first-order valence-corrected chi connectivity index (χ1v) is 3.49. The van der Waals surface area contributed by atoms with Crippen molar-refractivity contribution in [3.63, 3.8) is 0 Å². The van der Waals surface area contributed by atoms with Crippen LogP contribution in [0, 0.1) is 6.92 Å². The van der Waals surface area contributed by atoms with Crippen molar-refractivity contribution in [2.75, 3.05) is 0 Å². The van der Waals surface area contributed by atoms with E-state index >= 15 is 0 Å². The third-order valence-electron chi connectivity index (χ3n) is 1.50. The van der Waals surface area contributed by atoms with Crippen molar-refractivity contribution in [2.24, 2.45) is 0 Å². The van der Waals surface area contributed by atoms with Crippen LogP contribution >= 0.6 is 0 Å². The Hall–Kier alpha value is -0.0400. The molecule has 0 heterocycles. The summed E-state index contributed by atoms with van der Waals surface area (Å²) in [6, 6.07) is 8.52. The van der Waals surface area contributed by atoms with Gasteiger partial charge in [-0.2, -0.15) is 0 Å². The molecule has 1 aromatic rings. The standard InChI is InChI=1S/C10H12.Na.H/c1-3-4-10-7-5-9(2)6-8-10;;/h3,5-8H,1,4H2,2H3;;. The van der Waals surface area contributed by atoms with E-state index in [1.165, 1.54) is 11.1 Å². The van der Waals surface area contributed by atoms with Crippen molar-refractivity contribution in [1.82, 2.24) is 0 Å². The number of allylic oxidation sites excluding steroid dienone is 1. The minimum absolute atomic E-state index is 0. The van der Waals surface area contributed by atoms with Gasteiger partial charge in [-0.3, -0.25) is 0 Å². The zero-order valence-electron chi connectivity index (χ0n) is 6.30. The fraction of sp³-hybridized carbons (Fsp3) is 0.200. The predicted molar refractivity (Wildman–Crippen MR) is 52.2 cm³/mol. The molecule has 11 heavy (non-hydrogen) atoms. The summed E-state index contributed by atoms with van der Waals surface area (Å²) in [4.78, 5) is 0. The number of rotatable bonds is 2. The molecule has 0 spiro atoms. The summed E-state index contributed by atoms with van der Waals surface area (Å²) in [6.07, 6.45) is 2.89. The maximum atomic E-state index is 3.68. The van der Waals surface area contributed by atoms with Crippen LogP contribution in [0.1, 0.15) is 11.1 Å². The quantitative estimate of drug-likeness (QED) is 0.454. The van der Waals surface area contributed by atoms with Crippen molar-refractivity contribution >= 4 is 29.6 Å². The van der Waals surface area contributed by atoms with Crippen molar-refractivity contribution in [1.29, 1.82) is 0 Å². The number of benzene rings is 1. The van der Waals surface area contributed by atoms with E-state index in [4.69, 9.17) is 0 Å². The SMILES string of the molecule is C=CCc1ccc(C)cc1.[NaH]. The van der Waals surface area contributed by atoms with Gasteiger partial charge < -0.3 is 0 Å². The number of hydrogen-bond acceptors (Lipinski definition) is 0. The fourth-order valence-electron chi connectivity index (χ4n) is 0.891. The Labute approximate surface area is 90.6 Å². The first-order valence-electron chi connectivity index (χ1n) is 3.49. The normalized spacial score (nSPS) is 8.45. The molecule has 0 amide bonds. The molecule has 1 aromatic carbocycles. The van der Waals surface area contributed by atoms with Crippen molar-refractivity contribution in [2.45, 2.75) is 13.3 Å². The van der Waals surface area contributed by atoms with Crippen LogP contribution < -0.4 is 0 Å². The van der Waals surface area contributed by atoms with E-state index < -0.39 is 0 Å². The van der Waals surface area contributed by atoms with Gasteiger partial charge in [-0.25, -0.2) is 0 Å². The van der Waals surface area contributed by atoms with E-state index in [0.717, 1.165) is 6.42 Å². The second-order valence-electron chi connectivity index (χ2n) is 2.48. The molecule has 0 unspecified atom stereocenters. The van der Waals surface area contributed by atoms with Crippen LogP contribution in [0.3, 0.4) is 0 Å². The summed E-state index contributed by atoms with van der Waals surface area (Å²) in [5.41, 5.74) is 2.65. The van der Waals surface area contributed by atoms with Crippen molar-refractivity contribution in [3.8, 4) is 0 Å². The van der Waals surface area contributed by atoms with Gasteiger partial charge >= 0.3 is 29.6 Å². The van der Waals surface area contributed by atoms with Crippen LogP contribution in [-0.4, -0.2) is 29.6 Å². The molecular formula is C10H13Na. The summed E-state index contributed by atoms with van der Waals surface area (Å²) >= 11 is 0. The topological polar surface area (TPSA) is 0 Å². The third-order valence-corrected chi connectivity index (χ3v) is 1.50. The van der Waals surface area contributed by atoms with E-state index in [2.05, 4.69) is 37.8 Å². The second-order valence-corrected chi connectivity index (χ2v) is 2.48. The molecule has 0 atom stereocenters. The van der Waals surface area contributed by atoms with E-state index in [1.807, 2.05) is 6.08 Å². The minimum atomic E-state index is 0. The summed E-state index contributed by atoms with van der Waals surface area (Å²) in [7, 11) is 0. The van der Waals surface area contributed by atoms with Crippen molar-refractivity contribution in [3.05, 3.63) is 48.0 Å². The Morgan fingerprint density at radius 3 is 2.27 bits per heavy atom. The van der Waals surface area contributed by atoms with Gasteiger partial charge in [0.05, 0.1) is 0 Å². The summed E-state index contributed by atoms with van der Waals surface area (Å²) in [6.45, 7) is 5.77. The number of aryl methyl sites for hydroxylation is 1. The van der Waals surface area contributed by atoms with Gasteiger partial charge in [-0.15, -0.1) is 6.58 Å². The zero-order chi connectivity index (χ0) is 7.40. The zero-order valence-corrected chi connectivity index (χ0v) is 6.30. The van der Waals surface area contributed by atoms with E-state index in [1.54, 1.807) is 0 Å². The van der Waals surface area contributed by atoms with Gasteiger partial charge in [0.2, 0.25) is 0 Å². The molecule has 0 aromatic heterocycles. The average Bonchev–Trinajstić information content (AvgIpc) is 1.95. The molecular weight excluding hydrogens is 143 g/mol. The van der Waals surface area contributed by atoms with Crippen LogP contribution in [-0.2, 0) is 6.42 Å². The van der Waals surface area contributed by atoms with E-state index in [0.29, 0.717) is 0 Å². The van der Waals surface area contributed by atoms with Crippen LogP contribution in [0.2, 0.25) is 0 Å². The monoisotopic (exact) mass is 156 g/mol. The fourth-order valence-corrected chi connectivity index (χ4v) is 0.891. The Kier molecular flexibility index (Phi) is 5.57. The Bertz CT molecular complexity index is 211. The molecule has 0 nitrogen and oxygen atoms in total.